The second kappa shape index (κ2) is 9.41. The van der Waals surface area contributed by atoms with Crippen molar-refractivity contribution in [2.24, 2.45) is 5.92 Å². The van der Waals surface area contributed by atoms with Crippen molar-refractivity contribution >= 4 is 14.9 Å². The standard InChI is InChI=1S/C16H26N3O6P/c1-9(2)24-15(21)11(4)18-26-23-8-12-7-10(3)14(25-12)19-6-5-13(20)17-16(19)22/h5-6,9-12,14,18,26H,7-8H2,1-4H3,(H,17,20,22). The van der Waals surface area contributed by atoms with Crippen LogP contribution in [-0.4, -0.2) is 40.4 Å². The Bertz CT molecular complexity index is 718. The Morgan fingerprint density at radius 3 is 2.85 bits per heavy atom. The van der Waals surface area contributed by atoms with Gasteiger partial charge in [0.2, 0.25) is 0 Å². The molecule has 9 nitrogen and oxygen atoms in total. The Morgan fingerprint density at radius 2 is 2.19 bits per heavy atom. The minimum absolute atomic E-state index is 0.0715. The monoisotopic (exact) mass is 387 g/mol. The highest BCUT2D eigenvalue weighted by Gasteiger charge is 2.34. The fraction of sp³-hybridized carbons (Fsp3) is 0.688. The van der Waals surface area contributed by atoms with E-state index in [0.29, 0.717) is 6.61 Å². The van der Waals surface area contributed by atoms with Crippen LogP contribution in [0.3, 0.4) is 0 Å². The molecule has 2 heterocycles. The molecule has 1 aliphatic rings. The molecule has 1 saturated heterocycles. The summed E-state index contributed by atoms with van der Waals surface area (Å²) in [4.78, 5) is 37.0. The predicted octanol–water partition coefficient (Wildman–Crippen LogP) is 0.915. The fourth-order valence-electron chi connectivity index (χ4n) is 2.65. The third-order valence-corrected chi connectivity index (χ3v) is 4.76. The first-order chi connectivity index (χ1) is 12.3. The molecule has 5 atom stereocenters. The molecule has 5 unspecified atom stereocenters. The van der Waals surface area contributed by atoms with Crippen molar-refractivity contribution in [3.8, 4) is 0 Å². The average Bonchev–Trinajstić information content (AvgIpc) is 2.91. The highest BCUT2D eigenvalue weighted by molar-refractivity contribution is 7.29. The first-order valence-corrected chi connectivity index (χ1v) is 9.48. The molecule has 1 aromatic heterocycles. The zero-order chi connectivity index (χ0) is 19.3. The summed E-state index contributed by atoms with van der Waals surface area (Å²) in [6, 6.07) is 0.844. The summed E-state index contributed by atoms with van der Waals surface area (Å²) in [5.74, 6) is -0.220. The van der Waals surface area contributed by atoms with Gasteiger partial charge in [0.05, 0.1) is 27.8 Å². The van der Waals surface area contributed by atoms with E-state index in [1.165, 1.54) is 16.8 Å². The van der Waals surface area contributed by atoms with Crippen LogP contribution in [0, 0.1) is 5.92 Å². The molecule has 1 aromatic rings. The van der Waals surface area contributed by atoms with Crippen molar-refractivity contribution < 1.29 is 18.8 Å². The Morgan fingerprint density at radius 1 is 1.46 bits per heavy atom. The first kappa shape index (κ1) is 20.8. The number of hydrogen-bond acceptors (Lipinski definition) is 7. The molecular weight excluding hydrogens is 361 g/mol. The summed E-state index contributed by atoms with van der Waals surface area (Å²) >= 11 is 0. The molecule has 0 saturated carbocycles. The van der Waals surface area contributed by atoms with Crippen molar-refractivity contribution in [3.05, 3.63) is 33.1 Å². The molecule has 0 bridgehead atoms. The van der Waals surface area contributed by atoms with Crippen LogP contribution in [0.25, 0.3) is 0 Å². The van der Waals surface area contributed by atoms with Crippen LogP contribution in [0.15, 0.2) is 21.9 Å². The molecule has 2 N–H and O–H groups in total. The lowest BCUT2D eigenvalue weighted by Gasteiger charge is -2.18. The molecule has 0 amide bonds. The number of nitrogens with one attached hydrogen (secondary N) is 2. The number of carbonyl (C=O) groups is 1. The lowest BCUT2D eigenvalue weighted by molar-refractivity contribution is -0.148. The van der Waals surface area contributed by atoms with Crippen LogP contribution in [0.4, 0.5) is 0 Å². The van der Waals surface area contributed by atoms with Crippen molar-refractivity contribution in [1.29, 1.82) is 0 Å². The zero-order valence-corrected chi connectivity index (χ0v) is 16.4. The molecule has 1 fully saturated rings. The minimum atomic E-state index is -0.489. The largest absolute Gasteiger partial charge is 0.462 e. The predicted molar refractivity (Wildman–Crippen MR) is 97.1 cm³/mol. The Labute approximate surface area is 153 Å². The van der Waals surface area contributed by atoms with E-state index in [-0.39, 0.29) is 33.1 Å². The van der Waals surface area contributed by atoms with Gasteiger partial charge in [0, 0.05) is 18.2 Å². The van der Waals surface area contributed by atoms with Crippen molar-refractivity contribution in [1.82, 2.24) is 14.6 Å². The molecule has 26 heavy (non-hydrogen) atoms. The van der Waals surface area contributed by atoms with E-state index in [0.717, 1.165) is 6.42 Å². The van der Waals surface area contributed by atoms with Crippen molar-refractivity contribution in [2.75, 3.05) is 6.61 Å². The first-order valence-electron chi connectivity index (χ1n) is 8.57. The van der Waals surface area contributed by atoms with Gasteiger partial charge in [-0.05, 0) is 27.2 Å². The molecule has 0 aliphatic carbocycles. The molecule has 2 rings (SSSR count). The van der Waals surface area contributed by atoms with Crippen LogP contribution in [0.5, 0.6) is 0 Å². The van der Waals surface area contributed by atoms with Gasteiger partial charge in [-0.2, -0.15) is 0 Å². The van der Waals surface area contributed by atoms with Crippen LogP contribution in [-0.2, 0) is 18.8 Å². The second-order valence-corrected chi connectivity index (χ2v) is 7.43. The zero-order valence-electron chi connectivity index (χ0n) is 15.4. The summed E-state index contributed by atoms with van der Waals surface area (Å²) in [7, 11) is -0.0715. The fourth-order valence-corrected chi connectivity index (χ4v) is 3.30. The highest BCUT2D eigenvalue weighted by atomic mass is 31.1. The summed E-state index contributed by atoms with van der Waals surface area (Å²) in [5.41, 5.74) is -0.925. The number of aromatic nitrogens is 2. The van der Waals surface area contributed by atoms with Gasteiger partial charge in [-0.15, -0.1) is 0 Å². The maximum absolute atomic E-state index is 11.9. The quantitative estimate of drug-likeness (QED) is 0.387. The van der Waals surface area contributed by atoms with E-state index >= 15 is 0 Å². The Balaban J connectivity index is 1.77. The van der Waals surface area contributed by atoms with Crippen LogP contribution in [0.1, 0.15) is 40.3 Å². The van der Waals surface area contributed by atoms with E-state index < -0.39 is 23.5 Å². The summed E-state index contributed by atoms with van der Waals surface area (Å²) < 4.78 is 17.9. The van der Waals surface area contributed by atoms with Gasteiger partial charge in [-0.3, -0.25) is 24.2 Å². The Hall–Kier alpha value is -1.54. The lowest BCUT2D eigenvalue weighted by atomic mass is 10.1. The maximum atomic E-state index is 11.9. The van der Waals surface area contributed by atoms with Crippen LogP contribution < -0.4 is 16.3 Å². The third kappa shape index (κ3) is 5.74. The summed E-state index contributed by atoms with van der Waals surface area (Å²) in [5, 5.41) is 2.96. The highest BCUT2D eigenvalue weighted by Crippen LogP contribution is 2.33. The van der Waals surface area contributed by atoms with Gasteiger partial charge in [-0.25, -0.2) is 4.79 Å². The van der Waals surface area contributed by atoms with Gasteiger partial charge in [0.1, 0.15) is 12.3 Å². The number of aromatic amines is 1. The molecule has 0 radical (unpaired) electrons. The number of H-pyrrole nitrogens is 1. The lowest BCUT2D eigenvalue weighted by Crippen LogP contribution is -2.33. The third-order valence-electron chi connectivity index (χ3n) is 3.90. The minimum Gasteiger partial charge on any atom is -0.462 e. The van der Waals surface area contributed by atoms with Crippen molar-refractivity contribution in [3.63, 3.8) is 0 Å². The molecule has 0 spiro atoms. The number of ether oxygens (including phenoxy) is 2. The average molecular weight is 387 g/mol. The van der Waals surface area contributed by atoms with E-state index in [4.69, 9.17) is 14.0 Å². The molecule has 146 valence electrons. The van der Waals surface area contributed by atoms with Gasteiger partial charge < -0.3 is 14.0 Å². The number of hydrogen-bond donors (Lipinski definition) is 2. The number of carbonyl (C=O) groups excluding carboxylic acids is 1. The molecule has 0 aromatic carbocycles. The second-order valence-electron chi connectivity index (χ2n) is 6.64. The smallest absolute Gasteiger partial charge is 0.330 e. The molecule has 1 aliphatic heterocycles. The molecule has 10 heteroatoms. The number of esters is 1. The SMILES string of the molecule is CC(C)OC(=O)C(C)NPOCC1CC(C)C(n2ccc(=O)[nH]c2=O)O1. The van der Waals surface area contributed by atoms with Gasteiger partial charge >= 0.3 is 11.7 Å². The summed E-state index contributed by atoms with van der Waals surface area (Å²) in [6.45, 7) is 7.63. The Kier molecular flexibility index (Phi) is 7.52. The normalized spacial score (nSPS) is 24.4. The van der Waals surface area contributed by atoms with E-state index in [2.05, 4.69) is 10.1 Å². The number of nitrogens with zero attached hydrogens (tertiary/aromatic N) is 1. The van der Waals surface area contributed by atoms with Crippen molar-refractivity contribution in [2.45, 2.75) is 58.6 Å². The van der Waals surface area contributed by atoms with E-state index in [1.807, 2.05) is 6.92 Å². The van der Waals surface area contributed by atoms with Gasteiger partial charge in [0.15, 0.2) is 0 Å². The van der Waals surface area contributed by atoms with Crippen LogP contribution in [0.2, 0.25) is 0 Å². The van der Waals surface area contributed by atoms with Gasteiger partial charge in [0.25, 0.3) is 5.56 Å². The number of rotatable bonds is 8. The topological polar surface area (TPSA) is 112 Å². The molecular formula is C16H26N3O6P. The van der Waals surface area contributed by atoms with E-state index in [9.17, 15) is 14.4 Å². The maximum Gasteiger partial charge on any atom is 0.330 e. The summed E-state index contributed by atoms with van der Waals surface area (Å²) in [6.07, 6.45) is 1.41. The van der Waals surface area contributed by atoms with Crippen LogP contribution >= 0.6 is 8.96 Å². The van der Waals surface area contributed by atoms with Gasteiger partial charge in [-0.1, -0.05) is 6.92 Å². The van der Waals surface area contributed by atoms with E-state index in [1.54, 1.807) is 20.8 Å².